The largest absolute Gasteiger partial charge is 0.383 e. The zero-order chi connectivity index (χ0) is 14.4. The fourth-order valence-electron chi connectivity index (χ4n) is 3.25. The highest BCUT2D eigenvalue weighted by Gasteiger charge is 2.20. The van der Waals surface area contributed by atoms with Crippen molar-refractivity contribution in [3.05, 3.63) is 11.9 Å². The molecule has 0 aromatic carbocycles. The quantitative estimate of drug-likeness (QED) is 0.895. The molecule has 1 fully saturated rings. The number of nitrogens with two attached hydrogens (primary N) is 1. The Bertz CT molecular complexity index is 419. The van der Waals surface area contributed by atoms with E-state index in [2.05, 4.69) is 28.7 Å². The third-order valence-corrected chi connectivity index (χ3v) is 4.30. The lowest BCUT2D eigenvalue weighted by molar-refractivity contribution is 0.435. The van der Waals surface area contributed by atoms with Gasteiger partial charge in [0.1, 0.15) is 18.0 Å². The molecule has 112 valence electrons. The van der Waals surface area contributed by atoms with Gasteiger partial charge >= 0.3 is 0 Å². The molecule has 0 aliphatic carbocycles. The van der Waals surface area contributed by atoms with Crippen LogP contribution in [0, 0.1) is 5.92 Å². The number of hydrogen-bond donors (Lipinski definition) is 1. The predicted molar refractivity (Wildman–Crippen MR) is 84.9 cm³/mol. The molecule has 2 N–H and O–H groups in total. The van der Waals surface area contributed by atoms with Crippen molar-refractivity contribution in [1.82, 2.24) is 9.97 Å². The summed E-state index contributed by atoms with van der Waals surface area (Å²) in [6.07, 6.45) is 10.2. The number of rotatable bonds is 5. The Morgan fingerprint density at radius 3 is 2.80 bits per heavy atom. The van der Waals surface area contributed by atoms with E-state index < -0.39 is 0 Å². The van der Waals surface area contributed by atoms with Gasteiger partial charge in [-0.15, -0.1) is 0 Å². The van der Waals surface area contributed by atoms with Gasteiger partial charge in [-0.3, -0.25) is 0 Å². The van der Waals surface area contributed by atoms with E-state index in [-0.39, 0.29) is 0 Å². The van der Waals surface area contributed by atoms with E-state index in [0.29, 0.717) is 5.82 Å². The molecule has 0 amide bonds. The Balaban J connectivity index is 2.13. The van der Waals surface area contributed by atoms with Crippen LogP contribution < -0.4 is 10.6 Å². The maximum Gasteiger partial charge on any atom is 0.137 e. The standard InChI is InChI=1S/C16H28N4/c1-3-6-13-8-5-10-20(11-9-13)16-14(7-4-2)15(17)18-12-19-16/h12-13H,3-11H2,1-2H3,(H2,17,18,19). The van der Waals surface area contributed by atoms with E-state index in [1.807, 2.05) is 0 Å². The normalized spacial score (nSPS) is 19.9. The molecule has 0 bridgehead atoms. The Labute approximate surface area is 122 Å². The average molecular weight is 276 g/mol. The molecule has 1 atom stereocenters. The molecule has 1 aliphatic heterocycles. The van der Waals surface area contributed by atoms with Crippen LogP contribution >= 0.6 is 0 Å². The van der Waals surface area contributed by atoms with Crippen molar-refractivity contribution >= 4 is 11.6 Å². The zero-order valence-electron chi connectivity index (χ0n) is 12.9. The third-order valence-electron chi connectivity index (χ3n) is 4.30. The van der Waals surface area contributed by atoms with E-state index in [1.165, 1.54) is 32.1 Å². The highest BCUT2D eigenvalue weighted by molar-refractivity contribution is 5.56. The topological polar surface area (TPSA) is 55.0 Å². The van der Waals surface area contributed by atoms with Crippen LogP contribution in [0.1, 0.15) is 57.9 Å². The lowest BCUT2D eigenvalue weighted by Crippen LogP contribution is -2.27. The van der Waals surface area contributed by atoms with Crippen LogP contribution in [-0.2, 0) is 6.42 Å². The Hall–Kier alpha value is -1.32. The van der Waals surface area contributed by atoms with Crippen LogP contribution in [0.2, 0.25) is 0 Å². The van der Waals surface area contributed by atoms with E-state index in [4.69, 9.17) is 5.73 Å². The SMILES string of the molecule is CCCc1c(N)ncnc1N1CCCC(CCC)CC1. The lowest BCUT2D eigenvalue weighted by Gasteiger charge is -2.24. The van der Waals surface area contributed by atoms with E-state index in [9.17, 15) is 0 Å². The fourth-order valence-corrected chi connectivity index (χ4v) is 3.25. The van der Waals surface area contributed by atoms with Gasteiger partial charge in [0.2, 0.25) is 0 Å². The molecule has 0 spiro atoms. The third kappa shape index (κ3) is 3.62. The summed E-state index contributed by atoms with van der Waals surface area (Å²) in [6, 6.07) is 0. The van der Waals surface area contributed by atoms with Gasteiger partial charge in [0.25, 0.3) is 0 Å². The highest BCUT2D eigenvalue weighted by atomic mass is 15.2. The first-order valence-corrected chi connectivity index (χ1v) is 8.10. The molecular weight excluding hydrogens is 248 g/mol. The molecule has 4 heteroatoms. The van der Waals surface area contributed by atoms with E-state index >= 15 is 0 Å². The molecule has 20 heavy (non-hydrogen) atoms. The van der Waals surface area contributed by atoms with Crippen molar-refractivity contribution in [2.45, 2.75) is 58.8 Å². The summed E-state index contributed by atoms with van der Waals surface area (Å²) < 4.78 is 0. The first-order valence-electron chi connectivity index (χ1n) is 8.10. The summed E-state index contributed by atoms with van der Waals surface area (Å²) in [5.74, 6) is 2.63. The van der Waals surface area contributed by atoms with Crippen molar-refractivity contribution in [2.75, 3.05) is 23.7 Å². The molecular formula is C16H28N4. The summed E-state index contributed by atoms with van der Waals surface area (Å²) in [5.41, 5.74) is 7.19. The Morgan fingerprint density at radius 1 is 1.20 bits per heavy atom. The van der Waals surface area contributed by atoms with Gasteiger partial charge in [-0.25, -0.2) is 9.97 Å². The summed E-state index contributed by atoms with van der Waals surface area (Å²) in [7, 11) is 0. The molecule has 1 aromatic heterocycles. The second-order valence-corrected chi connectivity index (χ2v) is 5.88. The van der Waals surface area contributed by atoms with Gasteiger partial charge in [-0.2, -0.15) is 0 Å². The van der Waals surface area contributed by atoms with Crippen molar-refractivity contribution in [2.24, 2.45) is 5.92 Å². The number of nitrogens with zero attached hydrogens (tertiary/aromatic N) is 3. The van der Waals surface area contributed by atoms with Crippen molar-refractivity contribution in [1.29, 1.82) is 0 Å². The van der Waals surface area contributed by atoms with Crippen molar-refractivity contribution in [3.8, 4) is 0 Å². The van der Waals surface area contributed by atoms with Gasteiger partial charge in [0, 0.05) is 18.7 Å². The van der Waals surface area contributed by atoms with Crippen LogP contribution in [-0.4, -0.2) is 23.1 Å². The van der Waals surface area contributed by atoms with Crippen LogP contribution in [0.4, 0.5) is 11.6 Å². The van der Waals surface area contributed by atoms with Crippen molar-refractivity contribution < 1.29 is 0 Å². The highest BCUT2D eigenvalue weighted by Crippen LogP contribution is 2.28. The van der Waals surface area contributed by atoms with Gasteiger partial charge in [-0.05, 0) is 31.6 Å². The number of aromatic nitrogens is 2. The fraction of sp³-hybridized carbons (Fsp3) is 0.750. The maximum absolute atomic E-state index is 6.05. The van der Waals surface area contributed by atoms with E-state index in [0.717, 1.165) is 43.2 Å². The van der Waals surface area contributed by atoms with Gasteiger partial charge in [0.15, 0.2) is 0 Å². The number of nitrogen functional groups attached to an aromatic ring is 1. The summed E-state index contributed by atoms with van der Waals surface area (Å²) in [6.45, 7) is 6.67. The molecule has 1 saturated heterocycles. The van der Waals surface area contributed by atoms with Crippen LogP contribution in [0.5, 0.6) is 0 Å². The zero-order valence-corrected chi connectivity index (χ0v) is 12.9. The summed E-state index contributed by atoms with van der Waals surface area (Å²) in [5, 5.41) is 0. The molecule has 4 nitrogen and oxygen atoms in total. The predicted octanol–water partition coefficient (Wildman–Crippen LogP) is 3.42. The lowest BCUT2D eigenvalue weighted by atomic mass is 9.96. The second kappa shape index (κ2) is 7.46. The molecule has 2 heterocycles. The number of anilines is 2. The van der Waals surface area contributed by atoms with Crippen LogP contribution in [0.3, 0.4) is 0 Å². The van der Waals surface area contributed by atoms with Crippen LogP contribution in [0.25, 0.3) is 0 Å². The molecule has 0 saturated carbocycles. The Kier molecular flexibility index (Phi) is 5.62. The minimum absolute atomic E-state index is 0.659. The smallest absolute Gasteiger partial charge is 0.137 e. The minimum atomic E-state index is 0.659. The van der Waals surface area contributed by atoms with Gasteiger partial charge in [-0.1, -0.05) is 33.1 Å². The van der Waals surface area contributed by atoms with Crippen molar-refractivity contribution in [3.63, 3.8) is 0 Å². The average Bonchev–Trinajstić information content (AvgIpc) is 2.67. The maximum atomic E-state index is 6.05. The van der Waals surface area contributed by atoms with Crippen LogP contribution in [0.15, 0.2) is 6.33 Å². The molecule has 2 rings (SSSR count). The molecule has 1 unspecified atom stereocenters. The first-order chi connectivity index (χ1) is 9.76. The Morgan fingerprint density at radius 2 is 2.05 bits per heavy atom. The van der Waals surface area contributed by atoms with Gasteiger partial charge in [0.05, 0.1) is 0 Å². The summed E-state index contributed by atoms with van der Waals surface area (Å²) in [4.78, 5) is 11.1. The molecule has 1 aromatic rings. The first kappa shape index (κ1) is 15.1. The van der Waals surface area contributed by atoms with Gasteiger partial charge < -0.3 is 10.6 Å². The minimum Gasteiger partial charge on any atom is -0.383 e. The molecule has 0 radical (unpaired) electrons. The summed E-state index contributed by atoms with van der Waals surface area (Å²) >= 11 is 0. The monoisotopic (exact) mass is 276 g/mol. The molecule has 1 aliphatic rings. The number of hydrogen-bond acceptors (Lipinski definition) is 4. The second-order valence-electron chi connectivity index (χ2n) is 5.88. The van der Waals surface area contributed by atoms with E-state index in [1.54, 1.807) is 6.33 Å².